The van der Waals surface area contributed by atoms with Crippen LogP contribution in [0, 0.1) is 0 Å². The molecule has 0 radical (unpaired) electrons. The van der Waals surface area contributed by atoms with Gasteiger partial charge in [0.05, 0.1) is 0 Å². The van der Waals surface area contributed by atoms with Crippen molar-refractivity contribution in [2.75, 3.05) is 6.35 Å². The highest BCUT2D eigenvalue weighted by Crippen LogP contribution is 2.54. The summed E-state index contributed by atoms with van der Waals surface area (Å²) >= 11 is 0. The zero-order valence-corrected chi connectivity index (χ0v) is 17.3. The second kappa shape index (κ2) is 8.14. The van der Waals surface area contributed by atoms with Crippen molar-refractivity contribution in [3.63, 3.8) is 0 Å². The zero-order chi connectivity index (χ0) is 18.1. The Bertz CT molecular complexity index is 846. The standard InChI is InChI=1S/C23H24OP2.CH4/c1-23(2,3)25-17-24-20-15-10-16-21(22(20)25)26(18-11-6-4-7-12-18)19-13-8-5-9-14-19;/h4-16H,17H2,1-3H3;1H4/t25-;/m1./s1. The van der Waals surface area contributed by atoms with E-state index in [9.17, 15) is 0 Å². The van der Waals surface area contributed by atoms with Crippen LogP contribution in [0.1, 0.15) is 28.2 Å². The van der Waals surface area contributed by atoms with Gasteiger partial charge in [-0.1, -0.05) is 101 Å². The van der Waals surface area contributed by atoms with Crippen LogP contribution in [-0.4, -0.2) is 11.5 Å². The Morgan fingerprint density at radius 3 is 1.85 bits per heavy atom. The minimum Gasteiger partial charge on any atom is -0.488 e. The molecule has 3 heteroatoms. The highest BCUT2D eigenvalue weighted by Gasteiger charge is 2.37. The number of fused-ring (bicyclic) bond motifs is 1. The molecular formula is C24H28OP2. The molecule has 0 fully saturated rings. The van der Waals surface area contributed by atoms with Gasteiger partial charge in [-0.15, -0.1) is 0 Å². The molecule has 27 heavy (non-hydrogen) atoms. The van der Waals surface area contributed by atoms with Crippen molar-refractivity contribution in [1.82, 2.24) is 0 Å². The minimum atomic E-state index is -0.586. The molecule has 0 saturated heterocycles. The lowest BCUT2D eigenvalue weighted by molar-refractivity contribution is 0.400. The van der Waals surface area contributed by atoms with Gasteiger partial charge in [-0.3, -0.25) is 0 Å². The summed E-state index contributed by atoms with van der Waals surface area (Å²) < 4.78 is 6.14. The molecule has 140 valence electrons. The summed E-state index contributed by atoms with van der Waals surface area (Å²) in [6.45, 7) is 7.05. The van der Waals surface area contributed by atoms with Crippen molar-refractivity contribution < 1.29 is 4.74 Å². The van der Waals surface area contributed by atoms with E-state index in [0.717, 1.165) is 12.1 Å². The molecule has 4 rings (SSSR count). The van der Waals surface area contributed by atoms with Gasteiger partial charge < -0.3 is 4.74 Å². The molecule has 0 spiro atoms. The topological polar surface area (TPSA) is 9.23 Å². The Labute approximate surface area is 166 Å². The SMILES string of the molecule is C.CC(C)(C)[P@]1COc2cccc(P(c3ccccc3)c3ccccc3)c21. The summed E-state index contributed by atoms with van der Waals surface area (Å²) in [5.41, 5.74) is 0. The first kappa shape index (κ1) is 20.1. The van der Waals surface area contributed by atoms with Crippen LogP contribution in [-0.2, 0) is 0 Å². The normalized spacial score (nSPS) is 15.8. The van der Waals surface area contributed by atoms with E-state index in [0.29, 0.717) is 0 Å². The predicted octanol–water partition coefficient (Wildman–Crippen LogP) is 5.34. The quantitative estimate of drug-likeness (QED) is 0.545. The van der Waals surface area contributed by atoms with Gasteiger partial charge in [0.2, 0.25) is 0 Å². The van der Waals surface area contributed by atoms with E-state index in [4.69, 9.17) is 4.74 Å². The number of rotatable bonds is 3. The molecule has 1 atom stereocenters. The molecule has 0 unspecified atom stereocenters. The fraction of sp³-hybridized carbons (Fsp3) is 0.250. The largest absolute Gasteiger partial charge is 0.488 e. The molecule has 1 heterocycles. The summed E-state index contributed by atoms with van der Waals surface area (Å²) in [6, 6.07) is 28.5. The van der Waals surface area contributed by atoms with E-state index in [1.165, 1.54) is 21.2 Å². The first-order valence-electron chi connectivity index (χ1n) is 8.99. The molecule has 1 nitrogen and oxygen atoms in total. The Morgan fingerprint density at radius 1 is 0.778 bits per heavy atom. The van der Waals surface area contributed by atoms with Crippen molar-refractivity contribution in [3.05, 3.63) is 78.9 Å². The molecule has 1 aliphatic rings. The van der Waals surface area contributed by atoms with Gasteiger partial charge in [0.15, 0.2) is 0 Å². The highest BCUT2D eigenvalue weighted by molar-refractivity contribution is 7.82. The van der Waals surface area contributed by atoms with E-state index >= 15 is 0 Å². The van der Waals surface area contributed by atoms with Crippen LogP contribution in [0.15, 0.2) is 78.9 Å². The lowest BCUT2D eigenvalue weighted by Gasteiger charge is -2.30. The third-order valence-electron chi connectivity index (χ3n) is 4.68. The molecular weight excluding hydrogens is 366 g/mol. The lowest BCUT2D eigenvalue weighted by atomic mass is 10.3. The average Bonchev–Trinajstić information content (AvgIpc) is 3.09. The first-order chi connectivity index (χ1) is 12.6. The van der Waals surface area contributed by atoms with Crippen molar-refractivity contribution in [2.45, 2.75) is 33.4 Å². The van der Waals surface area contributed by atoms with Crippen molar-refractivity contribution in [1.29, 1.82) is 0 Å². The van der Waals surface area contributed by atoms with Crippen molar-refractivity contribution in [2.24, 2.45) is 0 Å². The van der Waals surface area contributed by atoms with Crippen molar-refractivity contribution in [3.8, 4) is 5.75 Å². The fourth-order valence-electron chi connectivity index (χ4n) is 3.39. The van der Waals surface area contributed by atoms with E-state index < -0.39 is 7.92 Å². The molecule has 1 aliphatic heterocycles. The number of hydrogen-bond acceptors (Lipinski definition) is 1. The second-order valence-corrected chi connectivity index (χ2v) is 12.6. The van der Waals surface area contributed by atoms with E-state index in [1.807, 2.05) is 0 Å². The Kier molecular flexibility index (Phi) is 6.05. The minimum absolute atomic E-state index is 0. The van der Waals surface area contributed by atoms with Crippen LogP contribution in [0.4, 0.5) is 0 Å². The third-order valence-corrected chi connectivity index (χ3v) is 10.3. The Morgan fingerprint density at radius 2 is 1.33 bits per heavy atom. The Balaban J connectivity index is 0.00000210. The van der Waals surface area contributed by atoms with Crippen molar-refractivity contribution >= 4 is 37.1 Å². The number of ether oxygens (including phenoxy) is 1. The monoisotopic (exact) mass is 394 g/mol. The molecule has 0 amide bonds. The van der Waals surface area contributed by atoms with E-state index in [2.05, 4.69) is 99.6 Å². The molecule has 3 aromatic carbocycles. The maximum absolute atomic E-state index is 6.14. The van der Waals surface area contributed by atoms with Gasteiger partial charge >= 0.3 is 0 Å². The van der Waals surface area contributed by atoms with E-state index in [1.54, 1.807) is 0 Å². The molecule has 0 aliphatic carbocycles. The smallest absolute Gasteiger partial charge is 0.128 e. The van der Waals surface area contributed by atoms with Crippen LogP contribution in [0.2, 0.25) is 0 Å². The highest BCUT2D eigenvalue weighted by atomic mass is 31.1. The van der Waals surface area contributed by atoms with Crippen LogP contribution >= 0.6 is 15.8 Å². The van der Waals surface area contributed by atoms with Gasteiger partial charge in [0.1, 0.15) is 12.1 Å². The van der Waals surface area contributed by atoms with Crippen LogP contribution in [0.5, 0.6) is 5.75 Å². The average molecular weight is 394 g/mol. The van der Waals surface area contributed by atoms with Gasteiger partial charge in [-0.25, -0.2) is 0 Å². The maximum atomic E-state index is 6.14. The molecule has 0 N–H and O–H groups in total. The summed E-state index contributed by atoms with van der Waals surface area (Å²) in [5, 5.41) is 5.99. The van der Waals surface area contributed by atoms with Gasteiger partial charge in [0, 0.05) is 5.30 Å². The summed E-state index contributed by atoms with van der Waals surface area (Å²) in [6.07, 6.45) is 0.845. The predicted molar refractivity (Wildman–Crippen MR) is 124 cm³/mol. The maximum Gasteiger partial charge on any atom is 0.128 e. The van der Waals surface area contributed by atoms with Gasteiger partial charge in [-0.05, 0) is 43.0 Å². The summed E-state index contributed by atoms with van der Waals surface area (Å²) in [7, 11) is -0.928. The lowest BCUT2D eigenvalue weighted by Crippen LogP contribution is -2.32. The molecule has 0 aromatic heterocycles. The molecule has 0 bridgehead atoms. The zero-order valence-electron chi connectivity index (χ0n) is 15.5. The summed E-state index contributed by atoms with van der Waals surface area (Å²) in [5.74, 6) is 1.10. The van der Waals surface area contributed by atoms with Crippen LogP contribution in [0.3, 0.4) is 0 Å². The first-order valence-corrected chi connectivity index (χ1v) is 11.9. The fourth-order valence-corrected chi connectivity index (χ4v) is 8.61. The van der Waals surface area contributed by atoms with Gasteiger partial charge in [-0.2, -0.15) is 0 Å². The second-order valence-electron chi connectivity index (χ2n) is 7.50. The molecule has 0 saturated carbocycles. The third kappa shape index (κ3) is 3.96. The molecule has 3 aromatic rings. The van der Waals surface area contributed by atoms with E-state index in [-0.39, 0.29) is 20.5 Å². The van der Waals surface area contributed by atoms with Gasteiger partial charge in [0.25, 0.3) is 0 Å². The Hall–Kier alpha value is -1.68. The summed E-state index contributed by atoms with van der Waals surface area (Å²) in [4.78, 5) is 0. The number of hydrogen-bond donors (Lipinski definition) is 0. The van der Waals surface area contributed by atoms with Crippen LogP contribution < -0.4 is 26.0 Å². The van der Waals surface area contributed by atoms with Crippen LogP contribution in [0.25, 0.3) is 0 Å². The number of benzene rings is 3.